The van der Waals surface area contributed by atoms with Crippen molar-refractivity contribution in [3.63, 3.8) is 0 Å². The van der Waals surface area contributed by atoms with Gasteiger partial charge >= 0.3 is 5.97 Å². The number of likely N-dealkylation sites (tertiary alicyclic amines) is 1. The maximum absolute atomic E-state index is 12.8. The number of rotatable bonds is 5. The molecule has 1 aliphatic heterocycles. The van der Waals surface area contributed by atoms with Gasteiger partial charge < -0.3 is 9.64 Å². The van der Waals surface area contributed by atoms with Crippen LogP contribution in [0.4, 0.5) is 0 Å². The van der Waals surface area contributed by atoms with E-state index >= 15 is 0 Å². The molecule has 27 heavy (non-hydrogen) atoms. The average Bonchev–Trinajstić information content (AvgIpc) is 3.09. The van der Waals surface area contributed by atoms with Gasteiger partial charge in [-0.25, -0.2) is 0 Å². The molecule has 7 nitrogen and oxygen atoms in total. The molecule has 1 aromatic carbocycles. The predicted molar refractivity (Wildman–Crippen MR) is 98.1 cm³/mol. The number of aromatic nitrogens is 2. The van der Waals surface area contributed by atoms with Gasteiger partial charge in [-0.15, -0.1) is 0 Å². The van der Waals surface area contributed by atoms with Crippen molar-refractivity contribution in [1.82, 2.24) is 14.7 Å². The summed E-state index contributed by atoms with van der Waals surface area (Å²) in [5, 5.41) is 4.16. The van der Waals surface area contributed by atoms with E-state index in [0.717, 1.165) is 5.56 Å². The van der Waals surface area contributed by atoms with Crippen molar-refractivity contribution in [3.8, 4) is 5.75 Å². The van der Waals surface area contributed by atoms with Gasteiger partial charge in [-0.05, 0) is 30.7 Å². The van der Waals surface area contributed by atoms with Crippen LogP contribution < -0.4 is 4.74 Å². The molecule has 0 spiro atoms. The number of esters is 1. The Kier molecular flexibility index (Phi) is 5.39. The van der Waals surface area contributed by atoms with Crippen molar-refractivity contribution in [2.75, 3.05) is 7.05 Å². The van der Waals surface area contributed by atoms with Crippen LogP contribution in [-0.4, -0.2) is 39.4 Å². The molecule has 0 bridgehead atoms. The van der Waals surface area contributed by atoms with Gasteiger partial charge in [-0.1, -0.05) is 6.92 Å². The molecular formula is C20H23N3O4. The summed E-state index contributed by atoms with van der Waals surface area (Å²) in [6, 6.07) is 6.15. The van der Waals surface area contributed by atoms with Crippen LogP contribution in [0.1, 0.15) is 48.1 Å². The van der Waals surface area contributed by atoms with Crippen LogP contribution in [0.25, 0.3) is 0 Å². The number of benzene rings is 1. The lowest BCUT2D eigenvalue weighted by Crippen LogP contribution is -2.44. The Hall–Kier alpha value is -2.96. The third-order valence-electron chi connectivity index (χ3n) is 4.95. The number of Topliss-reactive ketones (excluding diaryl/α,β-unsaturated/α-hetero) is 1. The molecule has 0 radical (unpaired) electrons. The van der Waals surface area contributed by atoms with Crippen LogP contribution in [0.15, 0.2) is 36.7 Å². The molecule has 7 heteroatoms. The second-order valence-corrected chi connectivity index (χ2v) is 6.76. The fraction of sp³-hybridized carbons (Fsp3) is 0.400. The quantitative estimate of drug-likeness (QED) is 0.460. The summed E-state index contributed by atoms with van der Waals surface area (Å²) in [4.78, 5) is 38.3. The highest BCUT2D eigenvalue weighted by molar-refractivity contribution is 5.96. The molecule has 2 heterocycles. The minimum atomic E-state index is -0.478. The first kappa shape index (κ1) is 18.8. The van der Waals surface area contributed by atoms with E-state index in [4.69, 9.17) is 4.74 Å². The number of carbonyl (C=O) groups excluding carboxylic acids is 3. The summed E-state index contributed by atoms with van der Waals surface area (Å²) >= 11 is 0. The molecule has 3 rings (SSSR count). The number of piperidine rings is 1. The van der Waals surface area contributed by atoms with E-state index in [9.17, 15) is 14.4 Å². The summed E-state index contributed by atoms with van der Waals surface area (Å²) in [5.41, 5.74) is 1.40. The number of nitrogens with zero attached hydrogens (tertiary/aromatic N) is 3. The number of ether oxygens (including phenoxy) is 1. The van der Waals surface area contributed by atoms with Crippen molar-refractivity contribution in [2.24, 2.45) is 13.0 Å². The molecule has 1 amide bonds. The summed E-state index contributed by atoms with van der Waals surface area (Å²) in [6.07, 6.45) is 4.63. The van der Waals surface area contributed by atoms with Crippen molar-refractivity contribution in [3.05, 3.63) is 47.8 Å². The van der Waals surface area contributed by atoms with E-state index in [1.54, 1.807) is 61.1 Å². The molecule has 1 saturated heterocycles. The lowest BCUT2D eigenvalue weighted by molar-refractivity contribution is -0.148. The van der Waals surface area contributed by atoms with Crippen molar-refractivity contribution >= 4 is 17.7 Å². The predicted octanol–water partition coefficient (Wildman–Crippen LogP) is 2.53. The molecule has 1 aliphatic rings. The maximum atomic E-state index is 12.8. The van der Waals surface area contributed by atoms with E-state index < -0.39 is 17.9 Å². The fourth-order valence-corrected chi connectivity index (χ4v) is 3.44. The lowest BCUT2D eigenvalue weighted by atomic mass is 9.86. The highest BCUT2D eigenvalue weighted by Gasteiger charge is 2.40. The standard InChI is InChI=1S/C20H23N3O4/c1-4-17(24)13-5-7-15(8-6-13)27-20(26)16-9-10-18(25)23(3)19(16)14-11-21-22(2)12-14/h5-8,11-12,16,19H,4,9-10H2,1-3H3. The molecule has 1 fully saturated rings. The highest BCUT2D eigenvalue weighted by atomic mass is 16.5. The third kappa shape index (κ3) is 3.92. The topological polar surface area (TPSA) is 81.5 Å². The highest BCUT2D eigenvalue weighted by Crippen LogP contribution is 2.36. The van der Waals surface area contributed by atoms with Crippen molar-refractivity contribution in [2.45, 2.75) is 32.2 Å². The van der Waals surface area contributed by atoms with E-state index in [-0.39, 0.29) is 11.7 Å². The van der Waals surface area contributed by atoms with Gasteiger partial charge in [-0.2, -0.15) is 5.10 Å². The Labute approximate surface area is 157 Å². The second kappa shape index (κ2) is 7.73. The summed E-state index contributed by atoms with van der Waals surface area (Å²) in [7, 11) is 3.49. The number of aryl methyl sites for hydroxylation is 1. The summed E-state index contributed by atoms with van der Waals surface area (Å²) < 4.78 is 7.20. The minimum Gasteiger partial charge on any atom is -0.426 e. The van der Waals surface area contributed by atoms with Crippen molar-refractivity contribution in [1.29, 1.82) is 0 Å². The molecular weight excluding hydrogens is 346 g/mol. The van der Waals surface area contributed by atoms with Gasteiger partial charge in [0.25, 0.3) is 0 Å². The number of ketones is 1. The number of carbonyl (C=O) groups is 3. The van der Waals surface area contributed by atoms with E-state index in [1.807, 2.05) is 6.20 Å². The molecule has 0 N–H and O–H groups in total. The van der Waals surface area contributed by atoms with Gasteiger partial charge in [0, 0.05) is 44.3 Å². The van der Waals surface area contributed by atoms with E-state index in [0.29, 0.717) is 30.6 Å². The van der Waals surface area contributed by atoms with Crippen LogP contribution >= 0.6 is 0 Å². The molecule has 142 valence electrons. The number of amides is 1. The third-order valence-corrected chi connectivity index (χ3v) is 4.95. The first-order valence-corrected chi connectivity index (χ1v) is 9.00. The normalized spacial score (nSPS) is 19.8. The minimum absolute atomic E-state index is 0.00432. The first-order chi connectivity index (χ1) is 12.9. The largest absolute Gasteiger partial charge is 0.426 e. The fourth-order valence-electron chi connectivity index (χ4n) is 3.44. The van der Waals surface area contributed by atoms with Crippen LogP contribution in [0.5, 0.6) is 5.75 Å². The molecule has 2 unspecified atom stereocenters. The SMILES string of the molecule is CCC(=O)c1ccc(OC(=O)C2CCC(=O)N(C)C2c2cnn(C)c2)cc1. The molecule has 0 saturated carbocycles. The van der Waals surface area contributed by atoms with Crippen LogP contribution in [-0.2, 0) is 16.6 Å². The van der Waals surface area contributed by atoms with Gasteiger partial charge in [0.1, 0.15) is 5.75 Å². The number of hydrogen-bond acceptors (Lipinski definition) is 5. The number of hydrogen-bond donors (Lipinski definition) is 0. The van der Waals surface area contributed by atoms with E-state index in [2.05, 4.69) is 5.10 Å². The second-order valence-electron chi connectivity index (χ2n) is 6.76. The Bertz CT molecular complexity index is 856. The van der Waals surface area contributed by atoms with Gasteiger partial charge in [0.05, 0.1) is 18.2 Å². The van der Waals surface area contributed by atoms with Crippen molar-refractivity contribution < 1.29 is 19.1 Å². The zero-order valence-corrected chi connectivity index (χ0v) is 15.7. The molecule has 1 aromatic heterocycles. The first-order valence-electron chi connectivity index (χ1n) is 9.00. The Morgan fingerprint density at radius 2 is 1.93 bits per heavy atom. The monoisotopic (exact) mass is 369 g/mol. The molecule has 2 aromatic rings. The zero-order valence-electron chi connectivity index (χ0n) is 15.7. The molecule has 0 aliphatic carbocycles. The Morgan fingerprint density at radius 3 is 2.52 bits per heavy atom. The Morgan fingerprint density at radius 1 is 1.22 bits per heavy atom. The van der Waals surface area contributed by atoms with Gasteiger partial charge in [0.15, 0.2) is 5.78 Å². The van der Waals surface area contributed by atoms with Crippen LogP contribution in [0.2, 0.25) is 0 Å². The summed E-state index contributed by atoms with van der Waals surface area (Å²) in [6.45, 7) is 1.80. The van der Waals surface area contributed by atoms with E-state index in [1.165, 1.54) is 0 Å². The van der Waals surface area contributed by atoms with Crippen LogP contribution in [0.3, 0.4) is 0 Å². The van der Waals surface area contributed by atoms with Gasteiger partial charge in [0.2, 0.25) is 5.91 Å². The molecule has 2 atom stereocenters. The maximum Gasteiger partial charge on any atom is 0.316 e. The Balaban J connectivity index is 1.79. The lowest BCUT2D eigenvalue weighted by Gasteiger charge is -2.37. The zero-order chi connectivity index (χ0) is 19.6. The smallest absolute Gasteiger partial charge is 0.316 e. The van der Waals surface area contributed by atoms with Gasteiger partial charge in [-0.3, -0.25) is 19.1 Å². The summed E-state index contributed by atoms with van der Waals surface area (Å²) in [5.74, 6) is -0.448. The average molecular weight is 369 g/mol. The van der Waals surface area contributed by atoms with Crippen LogP contribution in [0, 0.1) is 5.92 Å².